The molecular formula is C18H28BNO4. The van der Waals surface area contributed by atoms with Crippen LogP contribution in [0.25, 0.3) is 0 Å². The molecule has 0 radical (unpaired) electrons. The van der Waals surface area contributed by atoms with Crippen molar-refractivity contribution in [1.82, 2.24) is 0 Å². The molecule has 6 heteroatoms. The number of aliphatic hydroxyl groups is 1. The normalized spacial score (nSPS) is 17.4. The number of nitrogens with zero attached hydrogens (tertiary/aromatic N) is 1. The second-order valence-electron chi connectivity index (χ2n) is 8.04. The Hall–Kier alpha value is -1.53. The minimum Gasteiger partial charge on any atom is -0.438 e. The average molecular weight is 333 g/mol. The quantitative estimate of drug-likeness (QED) is 0.861. The molecule has 1 amide bonds. The molecule has 1 aliphatic heterocycles. The summed E-state index contributed by atoms with van der Waals surface area (Å²) in [6.07, 6.45) is -0.366. The highest BCUT2D eigenvalue weighted by Gasteiger charge is 2.40. The number of anilines is 1. The number of ether oxygens (including phenoxy) is 1. The van der Waals surface area contributed by atoms with Crippen molar-refractivity contribution in [3.8, 4) is 0 Å². The summed E-state index contributed by atoms with van der Waals surface area (Å²) in [6, 6.07) is 5.92. The molecule has 5 nitrogen and oxygen atoms in total. The molecule has 0 fully saturated rings. The average Bonchev–Trinajstić information content (AvgIpc) is 2.42. The van der Waals surface area contributed by atoms with Crippen LogP contribution in [0.1, 0.15) is 47.1 Å². The molecule has 1 heterocycles. The van der Waals surface area contributed by atoms with Gasteiger partial charge in [-0.2, -0.15) is 0 Å². The molecule has 1 aromatic carbocycles. The summed E-state index contributed by atoms with van der Waals surface area (Å²) in [5, 5.41) is 10.3. The summed E-state index contributed by atoms with van der Waals surface area (Å²) >= 11 is 0. The zero-order valence-corrected chi connectivity index (χ0v) is 15.9. The van der Waals surface area contributed by atoms with Gasteiger partial charge >= 0.3 is 13.0 Å². The number of fused-ring (bicyclic) bond motifs is 1. The number of cyclic esters (lactones) is 1. The van der Waals surface area contributed by atoms with Crippen LogP contribution < -0.4 is 10.4 Å². The van der Waals surface area contributed by atoms with Crippen molar-refractivity contribution in [2.45, 2.75) is 65.2 Å². The highest BCUT2D eigenvalue weighted by molar-refractivity contribution is 6.66. The van der Waals surface area contributed by atoms with E-state index in [2.05, 4.69) is 0 Å². The SMILES string of the molecule is CB(OC(C)(C)C(C)(C)O)c1ccc2c(c1)N(C)C(=O)OC2(C)C. The number of carbonyl (C=O) groups excluding carboxylic acids is 1. The van der Waals surface area contributed by atoms with Crippen molar-refractivity contribution in [1.29, 1.82) is 0 Å². The molecule has 0 unspecified atom stereocenters. The molecule has 0 saturated heterocycles. The Labute approximate surface area is 145 Å². The second-order valence-corrected chi connectivity index (χ2v) is 8.04. The predicted octanol–water partition coefficient (Wildman–Crippen LogP) is 2.90. The molecule has 2 rings (SSSR count). The van der Waals surface area contributed by atoms with Crippen LogP contribution in [0, 0.1) is 0 Å². The van der Waals surface area contributed by atoms with E-state index in [1.165, 1.54) is 4.90 Å². The maximum atomic E-state index is 12.1. The lowest BCUT2D eigenvalue weighted by atomic mass is 9.62. The molecule has 0 aliphatic carbocycles. The van der Waals surface area contributed by atoms with E-state index in [0.29, 0.717) is 0 Å². The van der Waals surface area contributed by atoms with Crippen molar-refractivity contribution in [2.24, 2.45) is 0 Å². The third-order valence-electron chi connectivity index (χ3n) is 5.06. The van der Waals surface area contributed by atoms with Gasteiger partial charge in [0.2, 0.25) is 0 Å². The number of amides is 1. The fourth-order valence-corrected chi connectivity index (χ4v) is 2.68. The van der Waals surface area contributed by atoms with Crippen molar-refractivity contribution in [2.75, 3.05) is 11.9 Å². The Bertz CT molecular complexity index is 649. The van der Waals surface area contributed by atoms with Crippen LogP contribution in [0.15, 0.2) is 18.2 Å². The van der Waals surface area contributed by atoms with Crippen LogP contribution in [0.3, 0.4) is 0 Å². The molecule has 0 atom stereocenters. The molecule has 132 valence electrons. The van der Waals surface area contributed by atoms with Gasteiger partial charge in [0, 0.05) is 12.6 Å². The third-order valence-corrected chi connectivity index (χ3v) is 5.06. The highest BCUT2D eigenvalue weighted by Crippen LogP contribution is 2.37. The van der Waals surface area contributed by atoms with Gasteiger partial charge in [-0.15, -0.1) is 0 Å². The van der Waals surface area contributed by atoms with E-state index in [0.717, 1.165) is 16.7 Å². The van der Waals surface area contributed by atoms with Gasteiger partial charge in [-0.25, -0.2) is 4.79 Å². The van der Waals surface area contributed by atoms with Gasteiger partial charge < -0.3 is 14.5 Å². The molecule has 0 spiro atoms. The molecule has 0 saturated carbocycles. The van der Waals surface area contributed by atoms with Crippen LogP contribution >= 0.6 is 0 Å². The molecule has 0 bridgehead atoms. The van der Waals surface area contributed by atoms with E-state index >= 15 is 0 Å². The minimum absolute atomic E-state index is 0.230. The Morgan fingerprint density at radius 3 is 2.38 bits per heavy atom. The molecule has 0 aromatic heterocycles. The molecule has 24 heavy (non-hydrogen) atoms. The van der Waals surface area contributed by atoms with E-state index in [4.69, 9.17) is 9.39 Å². The summed E-state index contributed by atoms with van der Waals surface area (Å²) in [5.74, 6) is 0. The monoisotopic (exact) mass is 333 g/mol. The Morgan fingerprint density at radius 1 is 1.25 bits per heavy atom. The van der Waals surface area contributed by atoms with Gasteiger partial charge in [-0.05, 0) is 53.1 Å². The van der Waals surface area contributed by atoms with Crippen LogP contribution in [0.5, 0.6) is 0 Å². The van der Waals surface area contributed by atoms with Crippen LogP contribution in [-0.2, 0) is 15.0 Å². The number of benzene rings is 1. The van der Waals surface area contributed by atoms with Crippen molar-refractivity contribution in [3.05, 3.63) is 23.8 Å². The van der Waals surface area contributed by atoms with Crippen molar-refractivity contribution in [3.63, 3.8) is 0 Å². The van der Waals surface area contributed by atoms with Crippen molar-refractivity contribution >= 4 is 24.2 Å². The molecule has 1 N–H and O–H groups in total. The predicted molar refractivity (Wildman–Crippen MR) is 97.1 cm³/mol. The number of hydrogen-bond acceptors (Lipinski definition) is 4. The van der Waals surface area contributed by atoms with Crippen LogP contribution in [0.2, 0.25) is 6.82 Å². The van der Waals surface area contributed by atoms with Crippen LogP contribution in [-0.4, -0.2) is 36.4 Å². The van der Waals surface area contributed by atoms with E-state index < -0.39 is 16.8 Å². The fraction of sp³-hybridized carbons (Fsp3) is 0.611. The lowest BCUT2D eigenvalue weighted by molar-refractivity contribution is -0.0918. The number of hydrogen-bond donors (Lipinski definition) is 1. The van der Waals surface area contributed by atoms with Gasteiger partial charge in [0.15, 0.2) is 0 Å². The maximum absolute atomic E-state index is 12.1. The lowest BCUT2D eigenvalue weighted by Gasteiger charge is -2.40. The molecule has 1 aliphatic rings. The second kappa shape index (κ2) is 5.78. The zero-order valence-electron chi connectivity index (χ0n) is 15.9. The van der Waals surface area contributed by atoms with Gasteiger partial charge in [0.05, 0.1) is 16.9 Å². The van der Waals surface area contributed by atoms with E-state index in [-0.39, 0.29) is 13.0 Å². The van der Waals surface area contributed by atoms with E-state index in [1.807, 2.05) is 52.7 Å². The third kappa shape index (κ3) is 3.30. The Kier molecular flexibility index (Phi) is 4.53. The van der Waals surface area contributed by atoms with E-state index in [1.54, 1.807) is 20.9 Å². The smallest absolute Gasteiger partial charge is 0.414 e. The first-order valence-corrected chi connectivity index (χ1v) is 8.27. The van der Waals surface area contributed by atoms with Crippen LogP contribution in [0.4, 0.5) is 10.5 Å². The number of rotatable bonds is 4. The highest BCUT2D eigenvalue weighted by atomic mass is 16.6. The van der Waals surface area contributed by atoms with Gasteiger partial charge in [0.1, 0.15) is 5.60 Å². The van der Waals surface area contributed by atoms with Gasteiger partial charge in [-0.3, -0.25) is 4.90 Å². The standard InChI is InChI=1S/C18H28BNO4/c1-16(2)13-10-9-12(11-14(13)20(8)15(21)23-16)19(7)24-18(5,6)17(3,4)22/h9-11,22H,1-8H3. The minimum atomic E-state index is -0.974. The summed E-state index contributed by atoms with van der Waals surface area (Å²) in [7, 11) is 1.70. The summed E-state index contributed by atoms with van der Waals surface area (Å²) in [5.41, 5.74) is 0.384. The summed E-state index contributed by atoms with van der Waals surface area (Å²) < 4.78 is 11.6. The molecular weight excluding hydrogens is 305 g/mol. The first kappa shape index (κ1) is 18.8. The Balaban J connectivity index is 2.36. The zero-order chi connectivity index (χ0) is 18.5. The first-order valence-electron chi connectivity index (χ1n) is 8.27. The summed E-state index contributed by atoms with van der Waals surface area (Å²) in [4.78, 5) is 13.6. The molecule has 1 aromatic rings. The Morgan fingerprint density at radius 2 is 1.83 bits per heavy atom. The van der Waals surface area contributed by atoms with Gasteiger partial charge in [0.25, 0.3) is 0 Å². The first-order chi connectivity index (χ1) is 10.8. The fourth-order valence-electron chi connectivity index (χ4n) is 2.68. The topological polar surface area (TPSA) is 59.0 Å². The lowest BCUT2D eigenvalue weighted by Crippen LogP contribution is -2.52. The van der Waals surface area contributed by atoms with Gasteiger partial charge in [-0.1, -0.05) is 19.0 Å². The maximum Gasteiger partial charge on any atom is 0.414 e. The number of carbonyl (C=O) groups is 1. The van der Waals surface area contributed by atoms with Crippen molar-refractivity contribution < 1.29 is 19.3 Å². The summed E-state index contributed by atoms with van der Waals surface area (Å²) in [6.45, 7) is 12.7. The van der Waals surface area contributed by atoms with E-state index in [9.17, 15) is 9.90 Å². The largest absolute Gasteiger partial charge is 0.438 e.